The van der Waals surface area contributed by atoms with Gasteiger partial charge in [0.1, 0.15) is 5.60 Å². The van der Waals surface area contributed by atoms with Gasteiger partial charge in [0.15, 0.2) is 0 Å². The molecule has 1 unspecified atom stereocenters. The molecule has 1 aliphatic heterocycles. The summed E-state index contributed by atoms with van der Waals surface area (Å²) in [5.74, 6) is -3.09. The average Bonchev–Trinajstić information content (AvgIpc) is 2.93. The zero-order chi connectivity index (χ0) is 21.4. The molecule has 1 saturated heterocycles. The molecular weight excluding hydrogens is 380 g/mol. The first-order valence-electron chi connectivity index (χ1n) is 9.99. The zero-order valence-electron chi connectivity index (χ0n) is 17.5. The number of carbonyl (C=O) groups is 2. The molecule has 0 radical (unpaired) electrons. The van der Waals surface area contributed by atoms with Gasteiger partial charge in [-0.3, -0.25) is 0 Å². The van der Waals surface area contributed by atoms with Gasteiger partial charge in [-0.15, -0.1) is 0 Å². The van der Waals surface area contributed by atoms with Crippen molar-refractivity contribution >= 4 is 12.1 Å². The molecule has 7 heteroatoms. The monoisotopic (exact) mass is 409 g/mol. The minimum Gasteiger partial charge on any atom is -0.465 e. The molecule has 0 aromatic heterocycles. The van der Waals surface area contributed by atoms with Crippen molar-refractivity contribution in [3.05, 3.63) is 35.4 Å². The lowest BCUT2D eigenvalue weighted by Crippen LogP contribution is -2.46. The SMILES string of the molecule is COC(=O)c1ccc([C@@H]2CC3(CCN2C(=O)OC(C)(C)C)CCC(F)(F)C3)cc1. The molecule has 2 aliphatic rings. The Hall–Kier alpha value is -2.18. The van der Waals surface area contributed by atoms with E-state index in [1.54, 1.807) is 49.9 Å². The van der Waals surface area contributed by atoms with Crippen LogP contribution in [0.15, 0.2) is 24.3 Å². The molecule has 3 rings (SSSR count). The highest BCUT2D eigenvalue weighted by Crippen LogP contribution is 2.56. The zero-order valence-corrected chi connectivity index (χ0v) is 17.5. The molecule has 0 N–H and O–H groups in total. The Labute approximate surface area is 170 Å². The summed E-state index contributed by atoms with van der Waals surface area (Å²) in [6.07, 6.45) is 0.766. The number of alkyl halides is 2. The van der Waals surface area contributed by atoms with E-state index in [1.165, 1.54) is 7.11 Å². The Balaban J connectivity index is 1.89. The van der Waals surface area contributed by atoms with Crippen LogP contribution in [0.1, 0.15) is 74.8 Å². The predicted molar refractivity (Wildman–Crippen MR) is 104 cm³/mol. The third-order valence-corrected chi connectivity index (χ3v) is 5.88. The highest BCUT2D eigenvalue weighted by molar-refractivity contribution is 5.89. The number of ether oxygens (including phenoxy) is 2. The van der Waals surface area contributed by atoms with Crippen molar-refractivity contribution in [3.8, 4) is 0 Å². The maximum Gasteiger partial charge on any atom is 0.410 e. The third-order valence-electron chi connectivity index (χ3n) is 5.88. The number of likely N-dealkylation sites (tertiary alicyclic amines) is 1. The van der Waals surface area contributed by atoms with Gasteiger partial charge in [-0.25, -0.2) is 18.4 Å². The highest BCUT2D eigenvalue weighted by atomic mass is 19.3. The maximum absolute atomic E-state index is 14.0. The van der Waals surface area contributed by atoms with E-state index in [2.05, 4.69) is 0 Å². The molecule has 1 spiro atoms. The second kappa shape index (κ2) is 7.58. The summed E-state index contributed by atoms with van der Waals surface area (Å²) < 4.78 is 38.3. The van der Waals surface area contributed by atoms with E-state index in [-0.39, 0.29) is 18.9 Å². The lowest BCUT2D eigenvalue weighted by Gasteiger charge is -2.45. The summed E-state index contributed by atoms with van der Waals surface area (Å²) in [6.45, 7) is 5.77. The third kappa shape index (κ3) is 4.87. The minimum absolute atomic E-state index is 0.104. The highest BCUT2D eigenvalue weighted by Gasteiger charge is 2.53. The fraction of sp³-hybridized carbons (Fsp3) is 0.636. The van der Waals surface area contributed by atoms with Crippen molar-refractivity contribution in [1.29, 1.82) is 0 Å². The lowest BCUT2D eigenvalue weighted by molar-refractivity contribution is -0.0305. The van der Waals surface area contributed by atoms with Crippen LogP contribution < -0.4 is 0 Å². The summed E-state index contributed by atoms with van der Waals surface area (Å²) in [5.41, 5.74) is 0.0790. The van der Waals surface area contributed by atoms with Crippen LogP contribution in [0.4, 0.5) is 13.6 Å². The van der Waals surface area contributed by atoms with Gasteiger partial charge >= 0.3 is 12.1 Å². The van der Waals surface area contributed by atoms with Gasteiger partial charge in [0, 0.05) is 19.4 Å². The average molecular weight is 409 g/mol. The van der Waals surface area contributed by atoms with Gasteiger partial charge in [0.2, 0.25) is 5.92 Å². The molecule has 160 valence electrons. The Bertz CT molecular complexity index is 772. The molecule has 1 heterocycles. The molecule has 2 fully saturated rings. The van der Waals surface area contributed by atoms with Gasteiger partial charge in [-0.2, -0.15) is 0 Å². The number of rotatable bonds is 2. The molecule has 0 bridgehead atoms. The van der Waals surface area contributed by atoms with Gasteiger partial charge in [-0.05, 0) is 63.1 Å². The van der Waals surface area contributed by atoms with Gasteiger partial charge < -0.3 is 14.4 Å². The second-order valence-corrected chi connectivity index (χ2v) is 9.29. The topological polar surface area (TPSA) is 55.8 Å². The largest absolute Gasteiger partial charge is 0.465 e. The van der Waals surface area contributed by atoms with Crippen LogP contribution in [-0.4, -0.2) is 42.1 Å². The number of piperidine rings is 1. The summed E-state index contributed by atoms with van der Waals surface area (Å²) >= 11 is 0. The van der Waals surface area contributed by atoms with E-state index in [0.717, 1.165) is 5.56 Å². The number of amides is 1. The number of hydrogen-bond acceptors (Lipinski definition) is 4. The maximum atomic E-state index is 14.0. The number of methoxy groups -OCH3 is 1. The molecular formula is C22H29F2NO4. The van der Waals surface area contributed by atoms with Crippen molar-refractivity contribution < 1.29 is 27.8 Å². The van der Waals surface area contributed by atoms with Crippen molar-refractivity contribution in [2.75, 3.05) is 13.7 Å². The number of esters is 1. The lowest BCUT2D eigenvalue weighted by atomic mass is 9.72. The molecule has 29 heavy (non-hydrogen) atoms. The van der Waals surface area contributed by atoms with Crippen LogP contribution in [0.25, 0.3) is 0 Å². The van der Waals surface area contributed by atoms with Crippen LogP contribution in [0.2, 0.25) is 0 Å². The molecule has 5 nitrogen and oxygen atoms in total. The van der Waals surface area contributed by atoms with E-state index < -0.39 is 29.0 Å². The fourth-order valence-electron chi connectivity index (χ4n) is 4.49. The quantitative estimate of drug-likeness (QED) is 0.618. The van der Waals surface area contributed by atoms with E-state index in [1.807, 2.05) is 0 Å². The Kier molecular flexibility index (Phi) is 5.62. The van der Waals surface area contributed by atoms with Crippen molar-refractivity contribution in [3.63, 3.8) is 0 Å². The smallest absolute Gasteiger partial charge is 0.410 e. The van der Waals surface area contributed by atoms with Crippen molar-refractivity contribution in [2.24, 2.45) is 5.41 Å². The first-order valence-corrected chi connectivity index (χ1v) is 9.99. The molecule has 1 aromatic carbocycles. The summed E-state index contributed by atoms with van der Waals surface area (Å²) in [6, 6.07) is 6.43. The number of carbonyl (C=O) groups excluding carboxylic acids is 2. The fourth-order valence-corrected chi connectivity index (χ4v) is 4.49. The Morgan fingerprint density at radius 3 is 2.28 bits per heavy atom. The van der Waals surface area contributed by atoms with Crippen LogP contribution in [-0.2, 0) is 9.47 Å². The van der Waals surface area contributed by atoms with Crippen molar-refractivity contribution in [1.82, 2.24) is 4.90 Å². The number of nitrogens with zero attached hydrogens (tertiary/aromatic N) is 1. The van der Waals surface area contributed by atoms with E-state index in [4.69, 9.17) is 9.47 Å². The van der Waals surface area contributed by atoms with Crippen LogP contribution in [0, 0.1) is 5.41 Å². The van der Waals surface area contributed by atoms with Crippen molar-refractivity contribution in [2.45, 2.75) is 70.4 Å². The minimum atomic E-state index is -2.65. The Morgan fingerprint density at radius 1 is 1.10 bits per heavy atom. The second-order valence-electron chi connectivity index (χ2n) is 9.29. The van der Waals surface area contributed by atoms with Gasteiger partial charge in [0.25, 0.3) is 0 Å². The normalized spacial score (nSPS) is 26.4. The summed E-state index contributed by atoms with van der Waals surface area (Å²) in [4.78, 5) is 26.2. The molecule has 1 aliphatic carbocycles. The van der Waals surface area contributed by atoms with E-state index in [9.17, 15) is 18.4 Å². The van der Waals surface area contributed by atoms with E-state index in [0.29, 0.717) is 31.4 Å². The van der Waals surface area contributed by atoms with Gasteiger partial charge in [-0.1, -0.05) is 12.1 Å². The van der Waals surface area contributed by atoms with Crippen LogP contribution >= 0.6 is 0 Å². The molecule has 1 aromatic rings. The molecule has 1 saturated carbocycles. The van der Waals surface area contributed by atoms with Crippen LogP contribution in [0.5, 0.6) is 0 Å². The summed E-state index contributed by atoms with van der Waals surface area (Å²) in [5, 5.41) is 0. The standard InChI is InChI=1S/C22H29F2NO4/c1-20(2,3)29-19(27)25-12-11-21(9-10-22(23,24)14-21)13-17(25)15-5-7-16(8-6-15)18(26)28-4/h5-8,17H,9-14H2,1-4H3/t17-,21?/m0/s1. The first kappa shape index (κ1) is 21.5. The number of benzene rings is 1. The molecule has 1 amide bonds. The number of hydrogen-bond donors (Lipinski definition) is 0. The van der Waals surface area contributed by atoms with Crippen LogP contribution in [0.3, 0.4) is 0 Å². The Morgan fingerprint density at radius 2 is 1.76 bits per heavy atom. The number of halogens is 2. The molecule has 2 atom stereocenters. The first-order chi connectivity index (χ1) is 13.4. The van der Waals surface area contributed by atoms with E-state index >= 15 is 0 Å². The predicted octanol–water partition coefficient (Wildman–Crippen LogP) is 5.35. The summed E-state index contributed by atoms with van der Waals surface area (Å²) in [7, 11) is 1.31. The van der Waals surface area contributed by atoms with Gasteiger partial charge in [0.05, 0.1) is 18.7 Å².